The second-order valence-electron chi connectivity index (χ2n) is 7.18. The molecule has 4 aromatic rings. The lowest BCUT2D eigenvalue weighted by Crippen LogP contribution is -2.31. The number of rotatable bonds is 5. The van der Waals surface area contributed by atoms with Gasteiger partial charge in [-0.2, -0.15) is 4.98 Å². The van der Waals surface area contributed by atoms with E-state index in [1.807, 2.05) is 73.5 Å². The number of amides is 1. The van der Waals surface area contributed by atoms with Gasteiger partial charge in [0.25, 0.3) is 0 Å². The number of carbonyl (C=O) groups excluding carboxylic acids is 1. The van der Waals surface area contributed by atoms with Crippen molar-refractivity contribution in [2.45, 2.75) is 13.5 Å². The average Bonchev–Trinajstić information content (AvgIpc) is 2.79. The highest BCUT2D eigenvalue weighted by Gasteiger charge is 2.17. The summed E-state index contributed by atoms with van der Waals surface area (Å²) in [6.07, 6.45) is 0. The summed E-state index contributed by atoms with van der Waals surface area (Å²) in [5.41, 5.74) is 2.44. The van der Waals surface area contributed by atoms with Gasteiger partial charge in [0.1, 0.15) is 12.4 Å². The van der Waals surface area contributed by atoms with Crippen LogP contribution in [0.3, 0.4) is 0 Å². The van der Waals surface area contributed by atoms with Crippen molar-refractivity contribution in [1.82, 2.24) is 9.55 Å². The summed E-state index contributed by atoms with van der Waals surface area (Å²) in [4.78, 5) is 31.8. The predicted octanol–water partition coefficient (Wildman–Crippen LogP) is 4.76. The van der Waals surface area contributed by atoms with E-state index in [0.29, 0.717) is 22.0 Å². The number of hydrogen-bond acceptors (Lipinski definition) is 4. The Morgan fingerprint density at radius 3 is 2.52 bits per heavy atom. The van der Waals surface area contributed by atoms with Gasteiger partial charge in [-0.25, -0.2) is 4.79 Å². The van der Waals surface area contributed by atoms with E-state index in [-0.39, 0.29) is 12.5 Å². The first-order valence-corrected chi connectivity index (χ1v) is 10.2. The zero-order valence-electron chi connectivity index (χ0n) is 17.2. The summed E-state index contributed by atoms with van der Waals surface area (Å²) < 4.78 is 1.38. The quantitative estimate of drug-likeness (QED) is 0.493. The predicted molar refractivity (Wildman–Crippen MR) is 125 cm³/mol. The molecule has 0 saturated carbocycles. The summed E-state index contributed by atoms with van der Waals surface area (Å²) >= 11 is 6.14. The molecule has 6 nitrogen and oxygen atoms in total. The van der Waals surface area contributed by atoms with E-state index >= 15 is 0 Å². The van der Waals surface area contributed by atoms with Crippen LogP contribution < -0.4 is 15.9 Å². The Labute approximate surface area is 184 Å². The van der Waals surface area contributed by atoms with Crippen molar-refractivity contribution >= 4 is 45.6 Å². The Morgan fingerprint density at radius 1 is 1.03 bits per heavy atom. The van der Waals surface area contributed by atoms with Crippen LogP contribution >= 0.6 is 11.6 Å². The fourth-order valence-electron chi connectivity index (χ4n) is 3.47. The molecule has 0 fully saturated rings. The molecule has 0 spiro atoms. The molecule has 156 valence electrons. The minimum absolute atomic E-state index is 0.159. The molecule has 0 unspecified atom stereocenters. The topological polar surface area (TPSA) is 67.2 Å². The molecule has 7 heteroatoms. The molecule has 0 atom stereocenters. The molecule has 31 heavy (non-hydrogen) atoms. The summed E-state index contributed by atoms with van der Waals surface area (Å²) in [5, 5.41) is 4.18. The first-order valence-electron chi connectivity index (χ1n) is 9.79. The molecule has 3 aromatic carbocycles. The Kier molecular flexibility index (Phi) is 5.73. The lowest BCUT2D eigenvalue weighted by Gasteiger charge is -2.21. The van der Waals surface area contributed by atoms with Crippen molar-refractivity contribution < 1.29 is 4.79 Å². The maximum absolute atomic E-state index is 12.9. The Morgan fingerprint density at radius 2 is 1.74 bits per heavy atom. The molecule has 0 radical (unpaired) electrons. The first-order chi connectivity index (χ1) is 15.0. The van der Waals surface area contributed by atoms with E-state index in [0.717, 1.165) is 16.6 Å². The van der Waals surface area contributed by atoms with Crippen LogP contribution in [0.4, 0.5) is 17.2 Å². The van der Waals surface area contributed by atoms with Crippen molar-refractivity contribution in [1.29, 1.82) is 0 Å². The van der Waals surface area contributed by atoms with E-state index < -0.39 is 5.69 Å². The molecule has 1 heterocycles. The van der Waals surface area contributed by atoms with Gasteiger partial charge in [-0.05, 0) is 48.9 Å². The van der Waals surface area contributed by atoms with Crippen molar-refractivity contribution in [2.24, 2.45) is 0 Å². The zero-order valence-corrected chi connectivity index (χ0v) is 17.9. The van der Waals surface area contributed by atoms with Gasteiger partial charge in [0.15, 0.2) is 0 Å². The summed E-state index contributed by atoms with van der Waals surface area (Å²) in [6.45, 7) is 1.67. The Bertz CT molecular complexity index is 1320. The second-order valence-corrected chi connectivity index (χ2v) is 7.58. The number of nitrogens with one attached hydrogen (secondary N) is 1. The largest absolute Gasteiger partial charge is 0.350 e. The Hall–Kier alpha value is -3.64. The van der Waals surface area contributed by atoms with Gasteiger partial charge < -0.3 is 10.2 Å². The van der Waals surface area contributed by atoms with E-state index in [9.17, 15) is 9.59 Å². The monoisotopic (exact) mass is 432 g/mol. The third kappa shape index (κ3) is 4.15. The SMILES string of the molecule is Cc1c(Cl)cccc1NC(=O)Cn1c(=O)nc(N(C)c2ccccc2)c2ccccc21. The number of anilines is 3. The van der Waals surface area contributed by atoms with Gasteiger partial charge in [0.2, 0.25) is 5.91 Å². The maximum atomic E-state index is 12.9. The van der Waals surface area contributed by atoms with Gasteiger partial charge in [0.05, 0.1) is 5.52 Å². The van der Waals surface area contributed by atoms with Gasteiger partial charge >= 0.3 is 5.69 Å². The highest BCUT2D eigenvalue weighted by atomic mass is 35.5. The van der Waals surface area contributed by atoms with Crippen LogP contribution in [0.25, 0.3) is 10.9 Å². The van der Waals surface area contributed by atoms with Gasteiger partial charge in [0, 0.05) is 28.8 Å². The zero-order chi connectivity index (χ0) is 22.0. The number of hydrogen-bond donors (Lipinski definition) is 1. The molecule has 4 rings (SSSR count). The standard InChI is InChI=1S/C24H21ClN4O2/c1-16-19(25)12-8-13-20(16)26-22(30)15-29-21-14-7-6-11-18(21)23(27-24(29)31)28(2)17-9-4-3-5-10-17/h3-14H,15H2,1-2H3,(H,26,30). The first kappa shape index (κ1) is 20.6. The van der Waals surface area contributed by atoms with Crippen molar-refractivity contribution in [3.63, 3.8) is 0 Å². The fourth-order valence-corrected chi connectivity index (χ4v) is 3.65. The van der Waals surface area contributed by atoms with Gasteiger partial charge in [-0.3, -0.25) is 9.36 Å². The number of benzene rings is 3. The lowest BCUT2D eigenvalue weighted by molar-refractivity contribution is -0.116. The van der Waals surface area contributed by atoms with E-state index in [4.69, 9.17) is 11.6 Å². The van der Waals surface area contributed by atoms with Crippen LogP contribution in [0.2, 0.25) is 5.02 Å². The van der Waals surface area contributed by atoms with Crippen LogP contribution in [0, 0.1) is 6.92 Å². The van der Waals surface area contributed by atoms with E-state index in [1.165, 1.54) is 4.57 Å². The lowest BCUT2D eigenvalue weighted by atomic mass is 10.2. The minimum Gasteiger partial charge on any atom is -0.329 e. The van der Waals surface area contributed by atoms with Crippen LogP contribution in [0.5, 0.6) is 0 Å². The van der Waals surface area contributed by atoms with E-state index in [1.54, 1.807) is 18.2 Å². The molecule has 0 aliphatic carbocycles. The van der Waals surface area contributed by atoms with Crippen LogP contribution in [0.1, 0.15) is 5.56 Å². The number of para-hydroxylation sites is 2. The summed E-state index contributed by atoms with van der Waals surface area (Å²) in [6, 6.07) is 22.4. The van der Waals surface area contributed by atoms with E-state index in [2.05, 4.69) is 10.3 Å². The molecule has 1 aromatic heterocycles. The number of aromatic nitrogens is 2. The maximum Gasteiger partial charge on any atom is 0.350 e. The average molecular weight is 433 g/mol. The summed E-state index contributed by atoms with van der Waals surface area (Å²) in [5.74, 6) is 0.206. The second kappa shape index (κ2) is 8.62. The molecular weight excluding hydrogens is 412 g/mol. The van der Waals surface area contributed by atoms with Crippen molar-refractivity contribution in [3.05, 3.63) is 93.9 Å². The number of halogens is 1. The van der Waals surface area contributed by atoms with Crippen molar-refractivity contribution in [2.75, 3.05) is 17.3 Å². The third-order valence-corrected chi connectivity index (χ3v) is 5.58. The highest BCUT2D eigenvalue weighted by molar-refractivity contribution is 6.31. The molecular formula is C24H21ClN4O2. The molecule has 0 aliphatic rings. The van der Waals surface area contributed by atoms with Crippen LogP contribution in [0.15, 0.2) is 77.6 Å². The number of nitrogens with zero attached hydrogens (tertiary/aromatic N) is 3. The van der Waals surface area contributed by atoms with Gasteiger partial charge in [-0.1, -0.05) is 48.0 Å². The third-order valence-electron chi connectivity index (χ3n) is 5.17. The number of carbonyl (C=O) groups is 1. The fraction of sp³-hybridized carbons (Fsp3) is 0.125. The van der Waals surface area contributed by atoms with Gasteiger partial charge in [-0.15, -0.1) is 0 Å². The normalized spacial score (nSPS) is 10.8. The van der Waals surface area contributed by atoms with Crippen molar-refractivity contribution in [3.8, 4) is 0 Å². The molecule has 0 bridgehead atoms. The molecule has 0 aliphatic heterocycles. The van der Waals surface area contributed by atoms with Crippen LogP contribution in [-0.2, 0) is 11.3 Å². The summed E-state index contributed by atoms with van der Waals surface area (Å²) in [7, 11) is 1.86. The smallest absolute Gasteiger partial charge is 0.329 e. The molecule has 1 amide bonds. The van der Waals surface area contributed by atoms with Crippen LogP contribution in [-0.4, -0.2) is 22.5 Å². The number of fused-ring (bicyclic) bond motifs is 1. The highest BCUT2D eigenvalue weighted by Crippen LogP contribution is 2.28. The molecule has 1 N–H and O–H groups in total. The Balaban J connectivity index is 1.71. The molecule has 0 saturated heterocycles. The minimum atomic E-state index is -0.491.